The molecule has 2 aliphatic rings. The van der Waals surface area contributed by atoms with Crippen molar-refractivity contribution in [2.45, 2.75) is 73.1 Å². The Balaban J connectivity index is 1.23. The molecule has 0 fully saturated rings. The molecule has 0 saturated heterocycles. The van der Waals surface area contributed by atoms with E-state index in [0.717, 1.165) is 0 Å². The summed E-state index contributed by atoms with van der Waals surface area (Å²) in [4.78, 5) is 0. The molecule has 5 heterocycles. The van der Waals surface area contributed by atoms with Crippen LogP contribution in [-0.2, 0) is 10.8 Å². The summed E-state index contributed by atoms with van der Waals surface area (Å²) in [6.45, 7) is 20.8. The van der Waals surface area contributed by atoms with Gasteiger partial charge in [0.2, 0.25) is 0 Å². The summed E-state index contributed by atoms with van der Waals surface area (Å²) in [5, 5.41) is 10.5. The second kappa shape index (κ2) is 13.0. The maximum absolute atomic E-state index is 2.77. The zero-order valence-electron chi connectivity index (χ0n) is 39.9. The van der Waals surface area contributed by atoms with Gasteiger partial charge in [-0.25, -0.2) is 0 Å². The van der Waals surface area contributed by atoms with Gasteiger partial charge in [-0.3, -0.25) is 0 Å². The van der Waals surface area contributed by atoms with E-state index in [-0.39, 0.29) is 17.7 Å². The number of hydrogen-bond acceptors (Lipinski definition) is 0. The summed E-state index contributed by atoms with van der Waals surface area (Å²) in [5.41, 5.74) is 24.7. The van der Waals surface area contributed by atoms with Crippen molar-refractivity contribution in [1.29, 1.82) is 0 Å². The molecule has 0 amide bonds. The lowest BCUT2D eigenvalue weighted by Gasteiger charge is -2.35. The van der Waals surface area contributed by atoms with Crippen molar-refractivity contribution in [2.75, 3.05) is 0 Å². The van der Waals surface area contributed by atoms with E-state index in [2.05, 4.69) is 228 Å². The van der Waals surface area contributed by atoms with Crippen LogP contribution < -0.4 is 10.9 Å². The van der Waals surface area contributed by atoms with Crippen LogP contribution in [-0.4, -0.2) is 20.5 Å². The topological polar surface area (TPSA) is 14.8 Å². The number of rotatable bonds is 2. The molecule has 9 aromatic carbocycles. The molecule has 0 bridgehead atoms. The van der Waals surface area contributed by atoms with Gasteiger partial charge in [0, 0.05) is 60.3 Å². The second-order valence-electron chi connectivity index (χ2n) is 21.9. The third-order valence-corrected chi connectivity index (χ3v) is 15.7. The van der Waals surface area contributed by atoms with Crippen molar-refractivity contribution < 1.29 is 0 Å². The first-order valence-corrected chi connectivity index (χ1v) is 24.1. The lowest BCUT2D eigenvalue weighted by Crippen LogP contribution is -2.55. The average Bonchev–Trinajstić information content (AvgIpc) is 3.94. The van der Waals surface area contributed by atoms with E-state index in [0.29, 0.717) is 0 Å². The highest BCUT2D eigenvalue weighted by Crippen LogP contribution is 2.50. The molecule has 2 aliphatic heterocycles. The van der Waals surface area contributed by atoms with Gasteiger partial charge in [0.25, 0.3) is 0 Å². The molecule has 4 heteroatoms. The summed E-state index contributed by atoms with van der Waals surface area (Å²) >= 11 is 0. The molecule has 0 N–H and O–H groups in total. The first-order chi connectivity index (χ1) is 32.3. The van der Waals surface area contributed by atoms with E-state index in [9.17, 15) is 0 Å². The van der Waals surface area contributed by atoms with Crippen LogP contribution in [0.15, 0.2) is 152 Å². The number of para-hydroxylation sites is 2. The largest absolute Gasteiger partial charge is 0.375 e. The Hall–Kier alpha value is -7.30. The van der Waals surface area contributed by atoms with E-state index in [4.69, 9.17) is 0 Å². The molecule has 14 rings (SSSR count). The van der Waals surface area contributed by atoms with E-state index in [1.807, 2.05) is 0 Å². The molecule has 3 aromatic heterocycles. The quantitative estimate of drug-likeness (QED) is 0.154. The summed E-state index contributed by atoms with van der Waals surface area (Å²) in [7, 11) is 0. The van der Waals surface area contributed by atoms with Crippen molar-refractivity contribution in [3.05, 3.63) is 179 Å². The van der Waals surface area contributed by atoms with Crippen molar-refractivity contribution in [3.63, 3.8) is 0 Å². The van der Waals surface area contributed by atoms with Gasteiger partial charge in [-0.05, 0) is 159 Å². The van der Waals surface area contributed by atoms with Crippen LogP contribution in [0.1, 0.15) is 69.4 Å². The van der Waals surface area contributed by atoms with Crippen LogP contribution in [0.5, 0.6) is 0 Å². The monoisotopic (exact) mass is 861 g/mol. The minimum Gasteiger partial charge on any atom is -0.375 e. The third-order valence-electron chi connectivity index (χ3n) is 15.7. The molecular weight excluding hydrogens is 810 g/mol. The third kappa shape index (κ3) is 5.08. The Morgan fingerprint density at radius 3 is 1.82 bits per heavy atom. The Morgan fingerprint density at radius 2 is 1.07 bits per heavy atom. The van der Waals surface area contributed by atoms with Gasteiger partial charge in [-0.15, -0.1) is 0 Å². The summed E-state index contributed by atoms with van der Waals surface area (Å²) in [5.74, 6) is 0. The SMILES string of the molecule is Cc1cc(C)c(-c2ccc3c(c2)c2c4ccccc4c4c5c2n3-c2cc3c6ccccc6n(-c6ccccc6)c3cc2B5n2c3ccc(C(C)(C)C)cc3c3cc(C(C)(C)C)cc-4c32)c(C)c1. The first-order valence-electron chi connectivity index (χ1n) is 24.1. The second-order valence-corrected chi connectivity index (χ2v) is 21.9. The zero-order valence-corrected chi connectivity index (χ0v) is 39.9. The number of benzene rings is 9. The summed E-state index contributed by atoms with van der Waals surface area (Å²) < 4.78 is 7.93. The fourth-order valence-electron chi connectivity index (χ4n) is 12.9. The van der Waals surface area contributed by atoms with Crippen LogP contribution in [0.25, 0.3) is 110 Å². The highest BCUT2D eigenvalue weighted by atomic mass is 15.0. The molecule has 0 radical (unpaired) electrons. The van der Waals surface area contributed by atoms with Crippen molar-refractivity contribution >= 4 is 94.0 Å². The number of fused-ring (bicyclic) bond motifs is 17. The average molecular weight is 862 g/mol. The van der Waals surface area contributed by atoms with Crippen molar-refractivity contribution in [3.8, 4) is 33.6 Å². The molecule has 0 atom stereocenters. The molecule has 12 aromatic rings. The lowest BCUT2D eigenvalue weighted by molar-refractivity contribution is 0.590. The summed E-state index contributed by atoms with van der Waals surface area (Å²) in [6, 6.07) is 58.8. The number of aromatic nitrogens is 3. The molecule has 0 saturated carbocycles. The zero-order chi connectivity index (χ0) is 45.6. The fraction of sp³-hybridized carbons (Fsp3) is 0.175. The molecule has 67 heavy (non-hydrogen) atoms. The molecular formula is C63H52BN3. The normalized spacial score (nSPS) is 13.4. The van der Waals surface area contributed by atoms with Gasteiger partial charge in [-0.1, -0.05) is 132 Å². The van der Waals surface area contributed by atoms with Crippen LogP contribution in [0.3, 0.4) is 0 Å². The first kappa shape index (κ1) is 38.9. The van der Waals surface area contributed by atoms with Crippen LogP contribution in [0.4, 0.5) is 0 Å². The van der Waals surface area contributed by atoms with E-state index in [1.165, 1.54) is 149 Å². The fourth-order valence-corrected chi connectivity index (χ4v) is 12.9. The van der Waals surface area contributed by atoms with Crippen molar-refractivity contribution in [1.82, 2.24) is 13.6 Å². The van der Waals surface area contributed by atoms with Gasteiger partial charge in [-0.2, -0.15) is 0 Å². The molecule has 0 spiro atoms. The maximum atomic E-state index is 2.77. The minimum absolute atomic E-state index is 0.00192. The summed E-state index contributed by atoms with van der Waals surface area (Å²) in [6.07, 6.45) is 0. The van der Waals surface area contributed by atoms with E-state index < -0.39 is 0 Å². The van der Waals surface area contributed by atoms with Crippen LogP contribution in [0.2, 0.25) is 0 Å². The predicted octanol–water partition coefficient (Wildman–Crippen LogP) is 15.3. The standard InChI is InChI=1S/C63H52BN3/c1-35-27-36(2)56(37(3)28-35)38-23-25-52-48(29-38)58-44-21-14-13-20-43(44)57-49-32-40(63(7,8)9)31-47-45-30-39(62(4,5)6)24-26-53(45)67(60(47)49)64-50-34-54-46(33-55(50)66(52)61(58)59(57)64)42-19-15-16-22-51(42)65(54)41-17-11-10-12-18-41/h10-34H,1-9H3. The number of hydrogen-bond donors (Lipinski definition) is 0. The van der Waals surface area contributed by atoms with Crippen molar-refractivity contribution in [2.24, 2.45) is 0 Å². The van der Waals surface area contributed by atoms with Gasteiger partial charge in [0.05, 0.1) is 22.1 Å². The molecule has 0 aliphatic carbocycles. The Kier molecular flexibility index (Phi) is 7.54. The van der Waals surface area contributed by atoms with Gasteiger partial charge in [0.1, 0.15) is 0 Å². The highest BCUT2D eigenvalue weighted by molar-refractivity contribution is 6.91. The Bertz CT molecular complexity index is 4170. The predicted molar refractivity (Wildman–Crippen MR) is 289 cm³/mol. The number of aryl methyl sites for hydroxylation is 3. The van der Waals surface area contributed by atoms with E-state index in [1.54, 1.807) is 0 Å². The Morgan fingerprint density at radius 1 is 0.433 bits per heavy atom. The van der Waals surface area contributed by atoms with Crippen LogP contribution in [0, 0.1) is 20.8 Å². The van der Waals surface area contributed by atoms with Gasteiger partial charge >= 0.3 is 6.85 Å². The van der Waals surface area contributed by atoms with Gasteiger partial charge < -0.3 is 13.6 Å². The number of nitrogens with zero attached hydrogens (tertiary/aromatic N) is 3. The Labute approximate surface area is 392 Å². The molecule has 322 valence electrons. The highest BCUT2D eigenvalue weighted by Gasteiger charge is 2.44. The van der Waals surface area contributed by atoms with Gasteiger partial charge in [0.15, 0.2) is 0 Å². The smallest absolute Gasteiger partial charge is 0.333 e. The van der Waals surface area contributed by atoms with E-state index >= 15 is 0 Å². The minimum atomic E-state index is -0.0879. The van der Waals surface area contributed by atoms with Crippen LogP contribution >= 0.6 is 0 Å². The lowest BCUT2D eigenvalue weighted by atomic mass is 9.45. The maximum Gasteiger partial charge on any atom is 0.333 e. The molecule has 3 nitrogen and oxygen atoms in total. The molecule has 0 unspecified atom stereocenters.